The third kappa shape index (κ3) is 5.11. The fourth-order valence-corrected chi connectivity index (χ4v) is 3.95. The predicted molar refractivity (Wildman–Crippen MR) is 115 cm³/mol. The third-order valence-corrected chi connectivity index (χ3v) is 5.62. The average molecular weight is 443 g/mol. The molecule has 0 bridgehead atoms. The van der Waals surface area contributed by atoms with Gasteiger partial charge in [0.1, 0.15) is 17.2 Å². The van der Waals surface area contributed by atoms with Gasteiger partial charge in [-0.25, -0.2) is 14.0 Å². The molecule has 2 amide bonds. The fraction of sp³-hybridized carbons (Fsp3) is 0.391. The number of hydroxylamine groups is 2. The molecule has 170 valence electrons. The normalized spacial score (nSPS) is 17.8. The number of hydrogen-bond acceptors (Lipinski definition) is 6. The van der Waals surface area contributed by atoms with Crippen molar-refractivity contribution in [3.8, 4) is 5.75 Å². The van der Waals surface area contributed by atoms with Crippen LogP contribution in [-0.2, 0) is 16.1 Å². The first-order valence-corrected chi connectivity index (χ1v) is 10.6. The van der Waals surface area contributed by atoms with E-state index in [-0.39, 0.29) is 12.4 Å². The zero-order chi connectivity index (χ0) is 22.6. The largest absolute Gasteiger partial charge is 0.494 e. The Hall–Kier alpha value is -3.33. The van der Waals surface area contributed by atoms with Gasteiger partial charge in [0.15, 0.2) is 0 Å². The second-order valence-electron chi connectivity index (χ2n) is 7.89. The van der Waals surface area contributed by atoms with Crippen molar-refractivity contribution >= 4 is 17.9 Å². The molecule has 8 nitrogen and oxygen atoms in total. The van der Waals surface area contributed by atoms with Crippen molar-refractivity contribution in [3.63, 3.8) is 0 Å². The summed E-state index contributed by atoms with van der Waals surface area (Å²) in [7, 11) is 0. The molecule has 0 saturated carbocycles. The van der Waals surface area contributed by atoms with E-state index in [1.807, 2.05) is 6.92 Å². The Labute approximate surface area is 185 Å². The lowest BCUT2D eigenvalue weighted by atomic mass is 9.92. The van der Waals surface area contributed by atoms with Gasteiger partial charge in [0.2, 0.25) is 0 Å². The summed E-state index contributed by atoms with van der Waals surface area (Å²) in [6.45, 7) is 3.88. The van der Waals surface area contributed by atoms with Crippen LogP contribution in [0.15, 0.2) is 48.5 Å². The van der Waals surface area contributed by atoms with Crippen molar-refractivity contribution < 1.29 is 28.3 Å². The second-order valence-corrected chi connectivity index (χ2v) is 7.89. The molecule has 32 heavy (non-hydrogen) atoms. The third-order valence-electron chi connectivity index (χ3n) is 5.62. The summed E-state index contributed by atoms with van der Waals surface area (Å²) < 4.78 is 25.0. The Morgan fingerprint density at radius 3 is 2.56 bits per heavy atom. The first kappa shape index (κ1) is 21.9. The summed E-state index contributed by atoms with van der Waals surface area (Å²) in [6.07, 6.45) is -0.00309. The van der Waals surface area contributed by atoms with Crippen LogP contribution in [0.1, 0.15) is 25.3 Å². The van der Waals surface area contributed by atoms with Crippen LogP contribution >= 0.6 is 0 Å². The minimum Gasteiger partial charge on any atom is -0.494 e. The highest BCUT2D eigenvalue weighted by atomic mass is 19.1. The highest BCUT2D eigenvalue weighted by Crippen LogP contribution is 2.34. The van der Waals surface area contributed by atoms with Gasteiger partial charge in [0, 0.05) is 37.2 Å². The van der Waals surface area contributed by atoms with Gasteiger partial charge in [-0.15, -0.1) is 5.06 Å². The SMILES string of the molecule is CCOc1ccc(NC(=O)ON2CCC3(CC2)CN(Cc2ccccc2F)C(=O)O3)cc1. The minimum atomic E-state index is -0.645. The molecule has 0 aromatic heterocycles. The van der Waals surface area contributed by atoms with Crippen LogP contribution in [0.4, 0.5) is 19.7 Å². The Bertz CT molecular complexity index is 960. The summed E-state index contributed by atoms with van der Waals surface area (Å²) in [4.78, 5) is 31.5. The molecule has 2 aromatic rings. The molecule has 2 saturated heterocycles. The summed E-state index contributed by atoms with van der Waals surface area (Å²) in [5.41, 5.74) is 0.405. The van der Waals surface area contributed by atoms with Crippen LogP contribution in [0.5, 0.6) is 5.75 Å². The molecule has 1 N–H and O–H groups in total. The van der Waals surface area contributed by atoms with Crippen LogP contribution in [-0.4, -0.2) is 54.0 Å². The second kappa shape index (κ2) is 9.44. The van der Waals surface area contributed by atoms with Gasteiger partial charge in [0.25, 0.3) is 0 Å². The molecule has 2 aliphatic heterocycles. The maximum absolute atomic E-state index is 13.9. The van der Waals surface area contributed by atoms with Crippen molar-refractivity contribution in [1.29, 1.82) is 0 Å². The van der Waals surface area contributed by atoms with Gasteiger partial charge in [-0.2, -0.15) is 0 Å². The topological polar surface area (TPSA) is 80.3 Å². The molecule has 0 unspecified atom stereocenters. The number of carbonyl (C=O) groups excluding carboxylic acids is 2. The van der Waals surface area contributed by atoms with Gasteiger partial charge < -0.3 is 14.3 Å². The van der Waals surface area contributed by atoms with E-state index in [0.29, 0.717) is 50.3 Å². The van der Waals surface area contributed by atoms with Crippen molar-refractivity contribution in [3.05, 3.63) is 59.9 Å². The average Bonchev–Trinajstić information content (AvgIpc) is 3.08. The van der Waals surface area contributed by atoms with Crippen LogP contribution in [0.3, 0.4) is 0 Å². The van der Waals surface area contributed by atoms with Crippen molar-refractivity contribution in [2.45, 2.75) is 31.9 Å². The van der Waals surface area contributed by atoms with E-state index in [0.717, 1.165) is 5.75 Å². The van der Waals surface area contributed by atoms with Crippen LogP contribution in [0.2, 0.25) is 0 Å². The number of amides is 2. The zero-order valence-electron chi connectivity index (χ0n) is 17.9. The van der Waals surface area contributed by atoms with Crippen molar-refractivity contribution in [2.75, 3.05) is 31.6 Å². The summed E-state index contributed by atoms with van der Waals surface area (Å²) in [5.74, 6) is 0.380. The highest BCUT2D eigenvalue weighted by Gasteiger charge is 2.47. The molecular formula is C23H26FN3O5. The van der Waals surface area contributed by atoms with Crippen LogP contribution in [0, 0.1) is 5.82 Å². The van der Waals surface area contributed by atoms with Gasteiger partial charge in [-0.05, 0) is 37.3 Å². The molecule has 2 fully saturated rings. The van der Waals surface area contributed by atoms with Crippen molar-refractivity contribution in [2.24, 2.45) is 0 Å². The first-order chi connectivity index (χ1) is 15.5. The monoisotopic (exact) mass is 443 g/mol. The van der Waals surface area contributed by atoms with Gasteiger partial charge >= 0.3 is 12.2 Å². The Kier molecular flexibility index (Phi) is 6.45. The molecule has 0 radical (unpaired) electrons. The summed E-state index contributed by atoms with van der Waals surface area (Å²) in [5, 5.41) is 4.24. The number of ether oxygens (including phenoxy) is 2. The van der Waals surface area contributed by atoms with Gasteiger partial charge in [-0.3, -0.25) is 10.2 Å². The molecule has 0 aliphatic carbocycles. The van der Waals surface area contributed by atoms with Gasteiger partial charge in [0.05, 0.1) is 19.7 Å². The van der Waals surface area contributed by atoms with Crippen molar-refractivity contribution in [1.82, 2.24) is 9.96 Å². The number of halogens is 1. The standard InChI is InChI=1S/C23H26FN3O5/c1-2-30-19-9-7-18(8-10-19)25-21(28)32-27-13-11-23(12-14-27)16-26(22(29)31-23)15-17-5-3-4-6-20(17)24/h3-10H,2,11-16H2,1H3,(H,25,28). The molecule has 1 spiro atoms. The molecule has 9 heteroatoms. The van der Waals surface area contributed by atoms with Crippen LogP contribution in [0.25, 0.3) is 0 Å². The Balaban J connectivity index is 1.26. The molecule has 2 aliphatic rings. The number of benzene rings is 2. The molecule has 2 aromatic carbocycles. The Morgan fingerprint density at radius 1 is 1.16 bits per heavy atom. The summed E-state index contributed by atoms with van der Waals surface area (Å²) in [6, 6.07) is 13.4. The lowest BCUT2D eigenvalue weighted by Crippen LogP contribution is -2.47. The summed E-state index contributed by atoms with van der Waals surface area (Å²) >= 11 is 0. The number of nitrogens with zero attached hydrogens (tertiary/aromatic N) is 2. The maximum atomic E-state index is 13.9. The van der Waals surface area contributed by atoms with Crippen LogP contribution < -0.4 is 10.1 Å². The number of anilines is 1. The number of nitrogens with one attached hydrogen (secondary N) is 1. The quantitative estimate of drug-likeness (QED) is 0.722. The lowest BCUT2D eigenvalue weighted by Gasteiger charge is -2.36. The van der Waals surface area contributed by atoms with E-state index in [4.69, 9.17) is 14.3 Å². The first-order valence-electron chi connectivity index (χ1n) is 10.6. The van der Waals surface area contributed by atoms with E-state index >= 15 is 0 Å². The van der Waals surface area contributed by atoms with Gasteiger partial charge in [-0.1, -0.05) is 18.2 Å². The maximum Gasteiger partial charge on any atom is 0.430 e. The predicted octanol–water partition coefficient (Wildman–Crippen LogP) is 4.17. The highest BCUT2D eigenvalue weighted by molar-refractivity contribution is 5.84. The van der Waals surface area contributed by atoms with E-state index in [2.05, 4.69) is 5.32 Å². The number of hydrogen-bond donors (Lipinski definition) is 1. The lowest BCUT2D eigenvalue weighted by molar-refractivity contribution is -0.138. The van der Waals surface area contributed by atoms with E-state index in [1.54, 1.807) is 47.5 Å². The number of piperidine rings is 1. The Morgan fingerprint density at radius 2 is 1.88 bits per heavy atom. The van der Waals surface area contributed by atoms with E-state index < -0.39 is 17.8 Å². The molecule has 0 atom stereocenters. The van der Waals surface area contributed by atoms with E-state index in [1.165, 1.54) is 11.0 Å². The number of rotatable bonds is 6. The minimum absolute atomic E-state index is 0.165. The molecule has 4 rings (SSSR count). The zero-order valence-corrected chi connectivity index (χ0v) is 17.9. The fourth-order valence-electron chi connectivity index (χ4n) is 3.95. The smallest absolute Gasteiger partial charge is 0.430 e. The molecule has 2 heterocycles. The number of carbonyl (C=O) groups is 2. The van der Waals surface area contributed by atoms with E-state index in [9.17, 15) is 14.0 Å². The molecular weight excluding hydrogens is 417 g/mol.